The van der Waals surface area contributed by atoms with Gasteiger partial charge in [-0.3, -0.25) is 9.59 Å². The third-order valence-corrected chi connectivity index (χ3v) is 4.66. The summed E-state index contributed by atoms with van der Waals surface area (Å²) in [6.07, 6.45) is 0. The van der Waals surface area contributed by atoms with Crippen LogP contribution in [0, 0.1) is 18.6 Å². The molecule has 5 nitrogen and oxygen atoms in total. The smallest absolute Gasteiger partial charge is 0.261 e. The van der Waals surface area contributed by atoms with E-state index in [9.17, 15) is 18.4 Å². The quantitative estimate of drug-likeness (QED) is 0.672. The Bertz CT molecular complexity index is 1140. The molecule has 0 radical (unpaired) electrons. The van der Waals surface area contributed by atoms with Crippen molar-refractivity contribution in [1.29, 1.82) is 0 Å². The molecule has 3 aromatic carbocycles. The van der Waals surface area contributed by atoms with Crippen molar-refractivity contribution in [2.24, 2.45) is 0 Å². The van der Waals surface area contributed by atoms with Gasteiger partial charge in [0.1, 0.15) is 22.9 Å². The van der Waals surface area contributed by atoms with Gasteiger partial charge in [-0.15, -0.1) is 0 Å². The van der Waals surface area contributed by atoms with E-state index in [1.54, 1.807) is 13.1 Å². The van der Waals surface area contributed by atoms with Gasteiger partial charge in [-0.05, 0) is 55.0 Å². The van der Waals surface area contributed by atoms with Crippen LogP contribution in [0.4, 0.5) is 20.2 Å². The average molecular weight is 394 g/mol. The van der Waals surface area contributed by atoms with E-state index >= 15 is 0 Å². The molecule has 146 valence electrons. The highest BCUT2D eigenvalue weighted by Crippen LogP contribution is 2.39. The number of halogens is 2. The van der Waals surface area contributed by atoms with Gasteiger partial charge in [-0.25, -0.2) is 8.78 Å². The number of amides is 2. The van der Waals surface area contributed by atoms with Gasteiger partial charge in [0.05, 0.1) is 11.3 Å². The highest BCUT2D eigenvalue weighted by atomic mass is 19.1. The maximum Gasteiger partial charge on any atom is 0.261 e. The van der Waals surface area contributed by atoms with Crippen molar-refractivity contribution < 1.29 is 23.1 Å². The van der Waals surface area contributed by atoms with Crippen LogP contribution in [0.1, 0.15) is 26.3 Å². The predicted octanol–water partition coefficient (Wildman–Crippen LogP) is 4.91. The minimum Gasteiger partial charge on any atom is -0.454 e. The van der Waals surface area contributed by atoms with Crippen LogP contribution in [0.25, 0.3) is 0 Å². The third kappa shape index (κ3) is 3.31. The van der Waals surface area contributed by atoms with Crippen LogP contribution >= 0.6 is 0 Å². The van der Waals surface area contributed by atoms with Crippen molar-refractivity contribution in [3.8, 4) is 11.5 Å². The van der Waals surface area contributed by atoms with E-state index in [0.29, 0.717) is 17.2 Å². The largest absolute Gasteiger partial charge is 0.454 e. The van der Waals surface area contributed by atoms with E-state index in [1.165, 1.54) is 29.2 Å². The van der Waals surface area contributed by atoms with Crippen LogP contribution in [-0.2, 0) is 0 Å². The van der Waals surface area contributed by atoms with E-state index < -0.39 is 23.1 Å². The molecule has 1 aliphatic heterocycles. The van der Waals surface area contributed by atoms with E-state index in [1.807, 2.05) is 19.1 Å². The van der Waals surface area contributed by atoms with Crippen LogP contribution in [0.3, 0.4) is 0 Å². The first-order chi connectivity index (χ1) is 13.8. The number of aryl methyl sites for hydroxylation is 1. The fourth-order valence-electron chi connectivity index (χ4n) is 3.16. The molecule has 0 aliphatic carbocycles. The van der Waals surface area contributed by atoms with Crippen molar-refractivity contribution in [2.45, 2.75) is 6.92 Å². The number of hydrogen-bond donors (Lipinski definition) is 1. The van der Waals surface area contributed by atoms with Crippen molar-refractivity contribution in [2.75, 3.05) is 17.3 Å². The molecule has 0 spiro atoms. The number of anilines is 2. The number of ether oxygens (including phenoxy) is 1. The maximum absolute atomic E-state index is 13.8. The predicted molar refractivity (Wildman–Crippen MR) is 105 cm³/mol. The number of hydrogen-bond acceptors (Lipinski definition) is 3. The summed E-state index contributed by atoms with van der Waals surface area (Å²) in [4.78, 5) is 26.7. The second-order valence-electron chi connectivity index (χ2n) is 6.70. The normalized spacial score (nSPS) is 12.6. The Morgan fingerprint density at radius 1 is 1.00 bits per heavy atom. The van der Waals surface area contributed by atoms with E-state index in [2.05, 4.69) is 5.32 Å². The Morgan fingerprint density at radius 3 is 2.41 bits per heavy atom. The molecule has 0 unspecified atom stereocenters. The summed E-state index contributed by atoms with van der Waals surface area (Å²) < 4.78 is 33.6. The number of fused-ring (bicyclic) bond motifs is 2. The Labute approximate surface area is 165 Å². The van der Waals surface area contributed by atoms with Crippen LogP contribution < -0.4 is 15.0 Å². The van der Waals surface area contributed by atoms with Gasteiger partial charge in [0.15, 0.2) is 5.75 Å². The molecule has 0 bridgehead atoms. The zero-order chi connectivity index (χ0) is 20.7. The molecule has 0 fully saturated rings. The summed E-state index contributed by atoms with van der Waals surface area (Å²) in [6.45, 7) is 1.91. The zero-order valence-corrected chi connectivity index (χ0v) is 15.6. The number of benzene rings is 3. The lowest BCUT2D eigenvalue weighted by molar-refractivity contribution is 0.0989. The van der Waals surface area contributed by atoms with Crippen LogP contribution in [0.2, 0.25) is 0 Å². The highest BCUT2D eigenvalue weighted by molar-refractivity contribution is 6.11. The van der Waals surface area contributed by atoms with Gasteiger partial charge in [0, 0.05) is 12.7 Å². The SMILES string of the molecule is Cc1ccc2c(c1)N(C)C(=O)c1cc(NC(=O)c3c(F)cccc3F)ccc1O2. The van der Waals surface area contributed by atoms with Crippen molar-refractivity contribution >= 4 is 23.2 Å². The van der Waals surface area contributed by atoms with Gasteiger partial charge in [0.2, 0.25) is 0 Å². The Balaban J connectivity index is 1.69. The Kier molecular flexibility index (Phi) is 4.50. The van der Waals surface area contributed by atoms with Gasteiger partial charge >= 0.3 is 0 Å². The first-order valence-corrected chi connectivity index (χ1v) is 8.81. The average Bonchev–Trinajstić information content (AvgIpc) is 2.78. The van der Waals surface area contributed by atoms with Crippen LogP contribution in [-0.4, -0.2) is 18.9 Å². The van der Waals surface area contributed by atoms with E-state index in [-0.39, 0.29) is 17.2 Å². The molecular formula is C22H16F2N2O3. The summed E-state index contributed by atoms with van der Waals surface area (Å²) in [6, 6.07) is 13.1. The molecule has 1 heterocycles. The molecule has 0 aromatic heterocycles. The van der Waals surface area contributed by atoms with Gasteiger partial charge < -0.3 is 15.0 Å². The lowest BCUT2D eigenvalue weighted by Crippen LogP contribution is -2.25. The van der Waals surface area contributed by atoms with Gasteiger partial charge in [-0.2, -0.15) is 0 Å². The van der Waals surface area contributed by atoms with Gasteiger partial charge in [0.25, 0.3) is 11.8 Å². The summed E-state index contributed by atoms with van der Waals surface area (Å²) >= 11 is 0. The highest BCUT2D eigenvalue weighted by Gasteiger charge is 2.26. The number of nitrogens with zero attached hydrogens (tertiary/aromatic N) is 1. The minimum atomic E-state index is -0.970. The zero-order valence-electron chi connectivity index (χ0n) is 15.6. The Hall–Kier alpha value is -3.74. The fraction of sp³-hybridized carbons (Fsp3) is 0.0909. The Morgan fingerprint density at radius 2 is 1.69 bits per heavy atom. The molecular weight excluding hydrogens is 378 g/mol. The number of carbonyl (C=O) groups excluding carboxylic acids is 2. The molecule has 1 N–H and O–H groups in total. The maximum atomic E-state index is 13.8. The first-order valence-electron chi connectivity index (χ1n) is 8.81. The monoisotopic (exact) mass is 394 g/mol. The van der Waals surface area contributed by atoms with Crippen LogP contribution in [0.15, 0.2) is 54.6 Å². The number of rotatable bonds is 2. The molecule has 7 heteroatoms. The topological polar surface area (TPSA) is 58.6 Å². The molecule has 2 amide bonds. The summed E-state index contributed by atoms with van der Waals surface area (Å²) in [5.74, 6) is -2.38. The second-order valence-corrected chi connectivity index (χ2v) is 6.70. The lowest BCUT2D eigenvalue weighted by Gasteiger charge is -2.16. The second kappa shape index (κ2) is 7.01. The molecule has 29 heavy (non-hydrogen) atoms. The third-order valence-electron chi connectivity index (χ3n) is 4.66. The summed E-state index contributed by atoms with van der Waals surface area (Å²) in [7, 11) is 1.62. The molecule has 0 atom stereocenters. The van der Waals surface area contributed by atoms with E-state index in [4.69, 9.17) is 4.74 Å². The molecule has 0 saturated carbocycles. The molecule has 1 aliphatic rings. The fourth-order valence-corrected chi connectivity index (χ4v) is 3.16. The number of carbonyl (C=O) groups is 2. The van der Waals surface area contributed by atoms with Crippen LogP contribution in [0.5, 0.6) is 11.5 Å². The summed E-state index contributed by atoms with van der Waals surface area (Å²) in [5.41, 5.74) is 1.32. The molecule has 0 saturated heterocycles. The van der Waals surface area contributed by atoms with Crippen molar-refractivity contribution in [3.05, 3.63) is 82.9 Å². The standard InChI is InChI=1S/C22H16F2N2O3/c1-12-6-8-19-17(10-12)26(2)22(28)14-11-13(7-9-18(14)29-19)25-21(27)20-15(23)4-3-5-16(20)24/h3-11H,1-2H3,(H,25,27). The first kappa shape index (κ1) is 18.6. The van der Waals surface area contributed by atoms with Crippen molar-refractivity contribution in [3.63, 3.8) is 0 Å². The lowest BCUT2D eigenvalue weighted by atomic mass is 10.1. The molecule has 3 aromatic rings. The summed E-state index contributed by atoms with van der Waals surface area (Å²) in [5, 5.41) is 2.43. The van der Waals surface area contributed by atoms with Gasteiger partial charge in [-0.1, -0.05) is 12.1 Å². The minimum absolute atomic E-state index is 0.212. The van der Waals surface area contributed by atoms with E-state index in [0.717, 1.165) is 17.7 Å². The molecule has 4 rings (SSSR count). The van der Waals surface area contributed by atoms with Crippen molar-refractivity contribution in [1.82, 2.24) is 0 Å². The number of nitrogens with one attached hydrogen (secondary N) is 1.